The SMILES string of the molecule is COCCN(C(=O)c1cccc(Cl)c1Cl)c1nc2ccccc2s1. The largest absolute Gasteiger partial charge is 0.383 e. The molecule has 0 aliphatic heterocycles. The first kappa shape index (κ1) is 17.2. The molecule has 1 amide bonds. The summed E-state index contributed by atoms with van der Waals surface area (Å²) in [6.07, 6.45) is 0. The van der Waals surface area contributed by atoms with Crippen LogP contribution in [-0.2, 0) is 4.74 Å². The molecule has 0 unspecified atom stereocenters. The number of carbonyl (C=O) groups excluding carboxylic acids is 1. The second kappa shape index (κ2) is 7.49. The topological polar surface area (TPSA) is 42.4 Å². The molecule has 0 radical (unpaired) electrons. The molecule has 7 heteroatoms. The molecule has 124 valence electrons. The lowest BCUT2D eigenvalue weighted by Crippen LogP contribution is -2.34. The van der Waals surface area contributed by atoms with E-state index in [4.69, 9.17) is 27.9 Å². The highest BCUT2D eigenvalue weighted by molar-refractivity contribution is 7.22. The van der Waals surface area contributed by atoms with Gasteiger partial charge in [0.25, 0.3) is 5.91 Å². The van der Waals surface area contributed by atoms with Gasteiger partial charge in [-0.1, -0.05) is 52.7 Å². The minimum absolute atomic E-state index is 0.243. The molecule has 0 saturated heterocycles. The highest BCUT2D eigenvalue weighted by Crippen LogP contribution is 2.32. The standard InChI is InChI=1S/C17H14Cl2N2O2S/c1-23-10-9-21(16(22)11-5-4-6-12(18)15(11)19)17-20-13-7-2-3-8-14(13)24-17/h2-8H,9-10H2,1H3. The van der Waals surface area contributed by atoms with Crippen molar-refractivity contribution >= 4 is 55.8 Å². The van der Waals surface area contributed by atoms with Gasteiger partial charge >= 0.3 is 0 Å². The summed E-state index contributed by atoms with van der Waals surface area (Å²) in [6, 6.07) is 12.8. The molecule has 0 bridgehead atoms. The zero-order valence-corrected chi connectivity index (χ0v) is 15.2. The summed E-state index contributed by atoms with van der Waals surface area (Å²) in [7, 11) is 1.59. The van der Waals surface area contributed by atoms with Gasteiger partial charge in [0.15, 0.2) is 5.13 Å². The number of thiazole rings is 1. The van der Waals surface area contributed by atoms with Gasteiger partial charge in [-0.2, -0.15) is 0 Å². The molecule has 1 aromatic heterocycles. The lowest BCUT2D eigenvalue weighted by Gasteiger charge is -2.20. The number of carbonyl (C=O) groups is 1. The van der Waals surface area contributed by atoms with E-state index in [1.165, 1.54) is 11.3 Å². The Kier molecular flexibility index (Phi) is 5.36. The number of rotatable bonds is 5. The molecule has 0 saturated carbocycles. The van der Waals surface area contributed by atoms with Crippen LogP contribution < -0.4 is 4.90 Å². The van der Waals surface area contributed by atoms with Crippen LogP contribution in [0, 0.1) is 0 Å². The van der Waals surface area contributed by atoms with Gasteiger partial charge in [0.2, 0.25) is 0 Å². The Hall–Kier alpha value is -1.66. The van der Waals surface area contributed by atoms with Crippen LogP contribution >= 0.6 is 34.5 Å². The monoisotopic (exact) mass is 380 g/mol. The average Bonchev–Trinajstić information content (AvgIpc) is 3.01. The molecule has 0 atom stereocenters. The lowest BCUT2D eigenvalue weighted by molar-refractivity contribution is 0.0976. The molecule has 0 aliphatic rings. The Morgan fingerprint density at radius 1 is 1.21 bits per heavy atom. The number of fused-ring (bicyclic) bond motifs is 1. The zero-order valence-electron chi connectivity index (χ0n) is 12.8. The zero-order chi connectivity index (χ0) is 17.1. The van der Waals surface area contributed by atoms with E-state index in [2.05, 4.69) is 4.98 Å². The van der Waals surface area contributed by atoms with Gasteiger partial charge in [-0.05, 0) is 24.3 Å². The van der Waals surface area contributed by atoms with Crippen LogP contribution in [0.5, 0.6) is 0 Å². The maximum absolute atomic E-state index is 13.0. The Morgan fingerprint density at radius 3 is 2.75 bits per heavy atom. The summed E-state index contributed by atoms with van der Waals surface area (Å²) in [5.74, 6) is -0.251. The van der Waals surface area contributed by atoms with E-state index in [1.807, 2.05) is 24.3 Å². The molecular weight excluding hydrogens is 367 g/mol. The van der Waals surface area contributed by atoms with Crippen molar-refractivity contribution in [3.8, 4) is 0 Å². The van der Waals surface area contributed by atoms with Crippen LogP contribution in [0.1, 0.15) is 10.4 Å². The summed E-state index contributed by atoms with van der Waals surface area (Å²) < 4.78 is 6.15. The van der Waals surface area contributed by atoms with Gasteiger partial charge in [0.05, 0.1) is 39.0 Å². The van der Waals surface area contributed by atoms with E-state index in [0.29, 0.717) is 28.9 Å². The molecule has 0 N–H and O–H groups in total. The van der Waals surface area contributed by atoms with Crippen LogP contribution in [-0.4, -0.2) is 31.2 Å². The van der Waals surface area contributed by atoms with Crippen molar-refractivity contribution < 1.29 is 9.53 Å². The van der Waals surface area contributed by atoms with Gasteiger partial charge in [-0.25, -0.2) is 4.98 Å². The number of para-hydroxylation sites is 1. The predicted molar refractivity (Wildman–Crippen MR) is 99.6 cm³/mol. The van der Waals surface area contributed by atoms with E-state index in [9.17, 15) is 4.79 Å². The van der Waals surface area contributed by atoms with Gasteiger partial charge in [0, 0.05) is 7.11 Å². The van der Waals surface area contributed by atoms with Crippen molar-refractivity contribution in [2.75, 3.05) is 25.2 Å². The summed E-state index contributed by atoms with van der Waals surface area (Å²) >= 11 is 13.7. The first-order valence-electron chi connectivity index (χ1n) is 7.22. The van der Waals surface area contributed by atoms with Crippen LogP contribution in [0.2, 0.25) is 10.0 Å². The molecular formula is C17H14Cl2N2O2S. The van der Waals surface area contributed by atoms with Crippen molar-refractivity contribution in [1.82, 2.24) is 4.98 Å². The van der Waals surface area contributed by atoms with Crippen molar-refractivity contribution in [1.29, 1.82) is 0 Å². The van der Waals surface area contributed by atoms with Crippen molar-refractivity contribution in [3.05, 3.63) is 58.1 Å². The van der Waals surface area contributed by atoms with Gasteiger partial charge in [0.1, 0.15) is 0 Å². The molecule has 4 nitrogen and oxygen atoms in total. The Labute approximate surface area is 153 Å². The molecule has 0 spiro atoms. The smallest absolute Gasteiger partial charge is 0.261 e. The molecule has 1 heterocycles. The van der Waals surface area contributed by atoms with Crippen LogP contribution in [0.15, 0.2) is 42.5 Å². The summed E-state index contributed by atoms with van der Waals surface area (Å²) in [6.45, 7) is 0.762. The van der Waals surface area contributed by atoms with E-state index in [-0.39, 0.29) is 10.9 Å². The maximum atomic E-state index is 13.0. The van der Waals surface area contributed by atoms with E-state index in [0.717, 1.165) is 10.2 Å². The Balaban J connectivity index is 2.02. The number of benzene rings is 2. The average molecular weight is 381 g/mol. The Bertz CT molecular complexity index is 849. The minimum Gasteiger partial charge on any atom is -0.383 e. The van der Waals surface area contributed by atoms with Crippen LogP contribution in [0.3, 0.4) is 0 Å². The maximum Gasteiger partial charge on any atom is 0.261 e. The summed E-state index contributed by atoms with van der Waals surface area (Å²) in [5, 5.41) is 1.19. The predicted octanol–water partition coefficient (Wildman–Crippen LogP) is 4.90. The van der Waals surface area contributed by atoms with Crippen LogP contribution in [0.25, 0.3) is 10.2 Å². The third-order valence-electron chi connectivity index (χ3n) is 3.46. The van der Waals surface area contributed by atoms with Crippen LogP contribution in [0.4, 0.5) is 5.13 Å². The molecule has 24 heavy (non-hydrogen) atoms. The summed E-state index contributed by atoms with van der Waals surface area (Å²) in [5.41, 5.74) is 1.20. The number of hydrogen-bond donors (Lipinski definition) is 0. The third-order valence-corrected chi connectivity index (χ3v) is 5.34. The van der Waals surface area contributed by atoms with Crippen molar-refractivity contribution in [2.45, 2.75) is 0 Å². The fraction of sp³-hybridized carbons (Fsp3) is 0.176. The number of aromatic nitrogens is 1. The molecule has 0 aliphatic carbocycles. The first-order valence-corrected chi connectivity index (χ1v) is 8.79. The second-order valence-corrected chi connectivity index (χ2v) is 6.81. The number of anilines is 1. The van der Waals surface area contributed by atoms with E-state index >= 15 is 0 Å². The quantitative estimate of drug-likeness (QED) is 0.632. The van der Waals surface area contributed by atoms with E-state index in [1.54, 1.807) is 30.2 Å². The number of hydrogen-bond acceptors (Lipinski definition) is 4. The molecule has 2 aromatic carbocycles. The first-order chi connectivity index (χ1) is 11.6. The van der Waals surface area contributed by atoms with Gasteiger partial charge in [-0.3, -0.25) is 9.69 Å². The molecule has 3 aromatic rings. The van der Waals surface area contributed by atoms with Crippen molar-refractivity contribution in [2.24, 2.45) is 0 Å². The van der Waals surface area contributed by atoms with E-state index < -0.39 is 0 Å². The number of ether oxygens (including phenoxy) is 1. The highest BCUT2D eigenvalue weighted by Gasteiger charge is 2.23. The van der Waals surface area contributed by atoms with Gasteiger partial charge < -0.3 is 4.74 Å². The number of methoxy groups -OCH3 is 1. The third kappa shape index (κ3) is 3.39. The Morgan fingerprint density at radius 2 is 2.00 bits per heavy atom. The number of nitrogens with zero attached hydrogens (tertiary/aromatic N) is 2. The second-order valence-electron chi connectivity index (χ2n) is 5.02. The highest BCUT2D eigenvalue weighted by atomic mass is 35.5. The van der Waals surface area contributed by atoms with Crippen molar-refractivity contribution in [3.63, 3.8) is 0 Å². The normalized spacial score (nSPS) is 11.0. The lowest BCUT2D eigenvalue weighted by atomic mass is 10.2. The minimum atomic E-state index is -0.251. The molecule has 0 fully saturated rings. The van der Waals surface area contributed by atoms with Gasteiger partial charge in [-0.15, -0.1) is 0 Å². The fourth-order valence-electron chi connectivity index (χ4n) is 2.26. The fourth-order valence-corrected chi connectivity index (χ4v) is 3.63. The number of halogens is 2. The summed E-state index contributed by atoms with van der Waals surface area (Å²) in [4.78, 5) is 19.1. The number of amides is 1. The molecule has 3 rings (SSSR count).